The van der Waals surface area contributed by atoms with Gasteiger partial charge in [-0.15, -0.1) is 0 Å². The summed E-state index contributed by atoms with van der Waals surface area (Å²) >= 11 is 0. The molecule has 3 N–H and O–H groups in total. The summed E-state index contributed by atoms with van der Waals surface area (Å²) in [5.41, 5.74) is 1.86. The van der Waals surface area contributed by atoms with Crippen LogP contribution in [-0.4, -0.2) is 78.0 Å². The molecule has 206 valence electrons. The standard InChI is InChI=1S/C29H34FN5O4/c1-3-35(19-27(36)37)16-15-34(2)29(39)25(33-28(38)22-8-6-20(18-31)7-9-22)5-4-14-32-26-17-24(26)21-10-12-23(30)13-11-21/h3,6-13,24-26,32H,1,4-5,14-17,19H2,2H3,(H,33,38)(H,36,37)/t24-,25-,26?/m0/s1. The zero-order valence-corrected chi connectivity index (χ0v) is 22.0. The maximum atomic E-state index is 13.3. The first-order valence-electron chi connectivity index (χ1n) is 12.8. The highest BCUT2D eigenvalue weighted by molar-refractivity contribution is 5.97. The molecular weight excluding hydrogens is 501 g/mol. The molecule has 0 aromatic heterocycles. The summed E-state index contributed by atoms with van der Waals surface area (Å²) in [6, 6.07) is 14.2. The maximum Gasteiger partial charge on any atom is 0.323 e. The summed E-state index contributed by atoms with van der Waals surface area (Å²) in [5.74, 6) is -1.62. The Kier molecular flexibility index (Phi) is 10.6. The van der Waals surface area contributed by atoms with Crippen molar-refractivity contribution in [3.8, 4) is 6.07 Å². The number of hydrogen-bond acceptors (Lipinski definition) is 6. The van der Waals surface area contributed by atoms with Gasteiger partial charge < -0.3 is 25.5 Å². The highest BCUT2D eigenvalue weighted by Crippen LogP contribution is 2.40. The minimum absolute atomic E-state index is 0.226. The van der Waals surface area contributed by atoms with E-state index in [9.17, 15) is 18.8 Å². The molecule has 1 saturated carbocycles. The Hall–Kier alpha value is -4.23. The number of halogens is 1. The molecule has 2 amide bonds. The van der Waals surface area contributed by atoms with Gasteiger partial charge in [-0.05, 0) is 74.0 Å². The Balaban J connectivity index is 1.56. The number of hydrogen-bond donors (Lipinski definition) is 3. The number of nitrogens with zero attached hydrogens (tertiary/aromatic N) is 3. The fourth-order valence-electron chi connectivity index (χ4n) is 4.35. The van der Waals surface area contributed by atoms with Crippen molar-refractivity contribution in [3.05, 3.63) is 83.8 Å². The highest BCUT2D eigenvalue weighted by Gasteiger charge is 2.37. The lowest BCUT2D eigenvalue weighted by Gasteiger charge is -2.27. The van der Waals surface area contributed by atoms with E-state index in [0.717, 1.165) is 12.0 Å². The number of carboxylic acids is 1. The van der Waals surface area contributed by atoms with Gasteiger partial charge >= 0.3 is 5.97 Å². The van der Waals surface area contributed by atoms with Crippen molar-refractivity contribution in [1.82, 2.24) is 20.4 Å². The second-order valence-corrected chi connectivity index (χ2v) is 9.62. The summed E-state index contributed by atoms with van der Waals surface area (Å²) in [5, 5.41) is 24.3. The molecule has 3 rings (SSSR count). The van der Waals surface area contributed by atoms with Gasteiger partial charge in [-0.25, -0.2) is 4.39 Å². The molecule has 0 saturated heterocycles. The number of amides is 2. The van der Waals surface area contributed by atoms with Crippen molar-refractivity contribution in [2.45, 2.75) is 37.3 Å². The van der Waals surface area contributed by atoms with Crippen LogP contribution in [0.2, 0.25) is 0 Å². The van der Waals surface area contributed by atoms with Crippen molar-refractivity contribution in [1.29, 1.82) is 5.26 Å². The molecule has 1 fully saturated rings. The third-order valence-electron chi connectivity index (χ3n) is 6.74. The Morgan fingerprint density at radius 1 is 1.18 bits per heavy atom. The second kappa shape index (κ2) is 14.1. The van der Waals surface area contributed by atoms with E-state index in [1.165, 1.54) is 40.3 Å². The van der Waals surface area contributed by atoms with Gasteiger partial charge in [-0.3, -0.25) is 14.4 Å². The lowest BCUT2D eigenvalue weighted by Crippen LogP contribution is -2.49. The number of nitrogens with one attached hydrogen (secondary N) is 2. The first-order valence-corrected chi connectivity index (χ1v) is 12.8. The molecule has 1 unspecified atom stereocenters. The monoisotopic (exact) mass is 535 g/mol. The predicted octanol–water partition coefficient (Wildman–Crippen LogP) is 2.71. The quantitative estimate of drug-likeness (QED) is 0.300. The fraction of sp³-hybridized carbons (Fsp3) is 0.379. The molecule has 1 aliphatic rings. The molecule has 2 aromatic rings. The van der Waals surface area contributed by atoms with Crippen molar-refractivity contribution in [2.75, 3.05) is 33.2 Å². The summed E-state index contributed by atoms with van der Waals surface area (Å²) in [6.45, 7) is 4.56. The van der Waals surface area contributed by atoms with Gasteiger partial charge in [0.15, 0.2) is 0 Å². The van der Waals surface area contributed by atoms with Gasteiger partial charge in [0.25, 0.3) is 5.91 Å². The van der Waals surface area contributed by atoms with E-state index in [1.54, 1.807) is 31.3 Å². The van der Waals surface area contributed by atoms with Crippen LogP contribution >= 0.6 is 0 Å². The van der Waals surface area contributed by atoms with Crippen molar-refractivity contribution in [3.63, 3.8) is 0 Å². The second-order valence-electron chi connectivity index (χ2n) is 9.62. The van der Waals surface area contributed by atoms with Gasteiger partial charge in [-0.2, -0.15) is 5.26 Å². The van der Waals surface area contributed by atoms with E-state index in [-0.39, 0.29) is 31.4 Å². The summed E-state index contributed by atoms with van der Waals surface area (Å²) < 4.78 is 13.2. The molecule has 3 atom stereocenters. The van der Waals surface area contributed by atoms with Crippen molar-refractivity contribution >= 4 is 17.8 Å². The zero-order valence-electron chi connectivity index (χ0n) is 22.0. The molecule has 39 heavy (non-hydrogen) atoms. The van der Waals surface area contributed by atoms with Gasteiger partial charge in [0, 0.05) is 37.7 Å². The molecular formula is C29H34FN5O4. The van der Waals surface area contributed by atoms with Crippen LogP contribution in [0.3, 0.4) is 0 Å². The number of aliphatic carboxylic acids is 1. The topological polar surface area (TPSA) is 126 Å². The Labute approximate surface area is 227 Å². The van der Waals surface area contributed by atoms with Gasteiger partial charge in [0.05, 0.1) is 11.6 Å². The number of carbonyl (C=O) groups is 3. The van der Waals surface area contributed by atoms with Crippen LogP contribution in [0.25, 0.3) is 0 Å². The minimum Gasteiger partial charge on any atom is -0.480 e. The predicted molar refractivity (Wildman–Crippen MR) is 144 cm³/mol. The van der Waals surface area contributed by atoms with Crippen LogP contribution in [0.4, 0.5) is 4.39 Å². The Morgan fingerprint density at radius 2 is 1.87 bits per heavy atom. The molecule has 0 radical (unpaired) electrons. The third kappa shape index (κ3) is 8.93. The van der Waals surface area contributed by atoms with Crippen molar-refractivity contribution in [2.24, 2.45) is 0 Å². The normalized spacial score (nSPS) is 16.4. The van der Waals surface area contributed by atoms with Crippen molar-refractivity contribution < 1.29 is 23.9 Å². The third-order valence-corrected chi connectivity index (χ3v) is 6.74. The summed E-state index contributed by atoms with van der Waals surface area (Å²) in [6.07, 6.45) is 3.40. The van der Waals surface area contributed by atoms with E-state index in [1.807, 2.05) is 6.07 Å². The Morgan fingerprint density at radius 3 is 2.49 bits per heavy atom. The van der Waals surface area contributed by atoms with E-state index < -0.39 is 17.9 Å². The lowest BCUT2D eigenvalue weighted by molar-refractivity contribution is -0.137. The summed E-state index contributed by atoms with van der Waals surface area (Å²) in [7, 11) is 1.61. The van der Waals surface area contributed by atoms with E-state index >= 15 is 0 Å². The molecule has 2 aromatic carbocycles. The first-order chi connectivity index (χ1) is 18.7. The minimum atomic E-state index is -0.999. The molecule has 0 heterocycles. The van der Waals surface area contributed by atoms with Crippen LogP contribution in [0.5, 0.6) is 0 Å². The number of nitriles is 1. The van der Waals surface area contributed by atoms with E-state index in [2.05, 4.69) is 17.2 Å². The zero-order chi connectivity index (χ0) is 28.4. The van der Waals surface area contributed by atoms with Gasteiger partial charge in [0.1, 0.15) is 18.4 Å². The van der Waals surface area contributed by atoms with Gasteiger partial charge in [-0.1, -0.05) is 18.7 Å². The van der Waals surface area contributed by atoms with E-state index in [4.69, 9.17) is 10.4 Å². The van der Waals surface area contributed by atoms with Gasteiger partial charge in [0.2, 0.25) is 5.91 Å². The first kappa shape index (κ1) is 29.3. The number of carboxylic acid groups (broad SMARTS) is 1. The molecule has 10 heteroatoms. The summed E-state index contributed by atoms with van der Waals surface area (Å²) in [4.78, 5) is 40.2. The average Bonchev–Trinajstić information content (AvgIpc) is 3.71. The number of carbonyl (C=O) groups excluding carboxylic acids is 2. The maximum absolute atomic E-state index is 13.3. The number of rotatable bonds is 15. The molecule has 0 spiro atoms. The molecule has 0 bridgehead atoms. The van der Waals surface area contributed by atoms with Crippen LogP contribution < -0.4 is 10.6 Å². The van der Waals surface area contributed by atoms with Crippen LogP contribution in [-0.2, 0) is 9.59 Å². The fourth-order valence-corrected chi connectivity index (χ4v) is 4.35. The molecule has 0 aliphatic heterocycles. The largest absolute Gasteiger partial charge is 0.480 e. The molecule has 9 nitrogen and oxygen atoms in total. The molecule has 1 aliphatic carbocycles. The number of likely N-dealkylation sites (N-methyl/N-ethyl adjacent to an activating group) is 1. The van der Waals surface area contributed by atoms with Crippen LogP contribution in [0.1, 0.15) is 46.7 Å². The van der Waals surface area contributed by atoms with Crippen LogP contribution in [0, 0.1) is 17.1 Å². The highest BCUT2D eigenvalue weighted by atomic mass is 19.1. The SMILES string of the molecule is C=CN(CCN(C)C(=O)[C@H](CCCNC1C[C@H]1c1ccc(F)cc1)NC(=O)c1ccc(C#N)cc1)CC(=O)O. The number of benzene rings is 2. The van der Waals surface area contributed by atoms with E-state index in [0.29, 0.717) is 42.5 Å². The lowest BCUT2D eigenvalue weighted by atomic mass is 10.1. The average molecular weight is 536 g/mol. The Bertz CT molecular complexity index is 1200. The van der Waals surface area contributed by atoms with Crippen LogP contribution in [0.15, 0.2) is 61.3 Å². The smallest absolute Gasteiger partial charge is 0.323 e.